The van der Waals surface area contributed by atoms with Crippen LogP contribution < -0.4 is 0 Å². The summed E-state index contributed by atoms with van der Waals surface area (Å²) in [6, 6.07) is 3.78. The van der Waals surface area contributed by atoms with Crippen LogP contribution in [0.5, 0.6) is 0 Å². The third-order valence-corrected chi connectivity index (χ3v) is 6.06. The van der Waals surface area contributed by atoms with E-state index >= 15 is 0 Å². The van der Waals surface area contributed by atoms with Gasteiger partial charge in [-0.05, 0) is 30.5 Å². The van der Waals surface area contributed by atoms with Crippen LogP contribution in [0, 0.1) is 5.92 Å². The molecule has 0 N–H and O–H groups in total. The van der Waals surface area contributed by atoms with Crippen molar-refractivity contribution >= 4 is 21.6 Å². The molecule has 0 bridgehead atoms. The smallest absolute Gasteiger partial charge is 0.207 e. The van der Waals surface area contributed by atoms with Gasteiger partial charge in [0.1, 0.15) is 0 Å². The maximum absolute atomic E-state index is 12.7. The van der Waals surface area contributed by atoms with Gasteiger partial charge in [0.05, 0.1) is 10.5 Å². The van der Waals surface area contributed by atoms with Gasteiger partial charge in [-0.1, -0.05) is 13.0 Å². The maximum atomic E-state index is 12.7. The predicted molar refractivity (Wildman–Crippen MR) is 73.6 cm³/mol. The Kier molecular flexibility index (Phi) is 4.56. The van der Waals surface area contributed by atoms with E-state index in [-0.39, 0.29) is 29.3 Å². The molecule has 3 nitrogen and oxygen atoms in total. The summed E-state index contributed by atoms with van der Waals surface area (Å²) in [5.41, 5.74) is -0.976. The van der Waals surface area contributed by atoms with Crippen LogP contribution in [0.1, 0.15) is 18.9 Å². The number of alkyl halides is 4. The fraction of sp³-hybridized carbons (Fsp3) is 0.538. The van der Waals surface area contributed by atoms with Crippen molar-refractivity contribution < 1.29 is 21.6 Å². The Labute approximate surface area is 126 Å². The Morgan fingerprint density at radius 2 is 2.00 bits per heavy atom. The molecule has 1 aromatic carbocycles. The van der Waals surface area contributed by atoms with E-state index in [1.54, 1.807) is 0 Å². The maximum Gasteiger partial charge on any atom is 0.416 e. The van der Waals surface area contributed by atoms with Crippen LogP contribution in [0.15, 0.2) is 29.2 Å². The summed E-state index contributed by atoms with van der Waals surface area (Å²) < 4.78 is 64.0. The topological polar surface area (TPSA) is 37.4 Å². The van der Waals surface area contributed by atoms with Crippen molar-refractivity contribution in [2.75, 3.05) is 13.1 Å². The molecule has 0 spiro atoms. The molecule has 0 aromatic heterocycles. The lowest BCUT2D eigenvalue weighted by atomic mass is 10.0. The summed E-state index contributed by atoms with van der Waals surface area (Å²) in [7, 11) is -3.95. The van der Waals surface area contributed by atoms with Crippen LogP contribution in [-0.2, 0) is 16.2 Å². The molecule has 1 aliphatic rings. The van der Waals surface area contributed by atoms with E-state index < -0.39 is 21.8 Å². The Bertz CT molecular complexity index is 618. The summed E-state index contributed by atoms with van der Waals surface area (Å²) in [4.78, 5) is -0.351. The van der Waals surface area contributed by atoms with Crippen molar-refractivity contribution in [2.45, 2.75) is 29.8 Å². The van der Waals surface area contributed by atoms with Gasteiger partial charge in [0, 0.05) is 18.5 Å². The van der Waals surface area contributed by atoms with Crippen molar-refractivity contribution in [3.8, 4) is 0 Å². The molecular weight excluding hydrogens is 327 g/mol. The Morgan fingerprint density at radius 1 is 1.33 bits per heavy atom. The number of rotatable bonds is 2. The summed E-state index contributed by atoms with van der Waals surface area (Å²) in [5, 5.41) is -0.334. The highest BCUT2D eigenvalue weighted by atomic mass is 35.5. The molecule has 0 radical (unpaired) electrons. The van der Waals surface area contributed by atoms with Gasteiger partial charge >= 0.3 is 6.18 Å². The van der Waals surface area contributed by atoms with Gasteiger partial charge in [0.25, 0.3) is 0 Å². The molecule has 2 rings (SSSR count). The third-order valence-electron chi connectivity index (χ3n) is 3.63. The molecule has 0 amide bonds. The molecule has 1 fully saturated rings. The number of hydrogen-bond donors (Lipinski definition) is 0. The highest BCUT2D eigenvalue weighted by molar-refractivity contribution is 7.89. The van der Waals surface area contributed by atoms with Crippen LogP contribution in [0.25, 0.3) is 0 Å². The molecular formula is C13H15ClF3NO2S. The molecule has 21 heavy (non-hydrogen) atoms. The van der Waals surface area contributed by atoms with Gasteiger partial charge in [-0.25, -0.2) is 8.42 Å². The average Bonchev–Trinajstić information content (AvgIpc) is 2.41. The first-order valence-corrected chi connectivity index (χ1v) is 8.31. The Hall–Kier alpha value is -0.790. The number of halogens is 4. The summed E-state index contributed by atoms with van der Waals surface area (Å²) in [6.07, 6.45) is -3.98. The first-order chi connectivity index (χ1) is 9.62. The molecule has 1 saturated heterocycles. The summed E-state index contributed by atoms with van der Waals surface area (Å²) >= 11 is 6.07. The minimum absolute atomic E-state index is 0.112. The molecule has 118 valence electrons. The zero-order valence-corrected chi connectivity index (χ0v) is 12.8. The monoisotopic (exact) mass is 341 g/mol. The summed E-state index contributed by atoms with van der Waals surface area (Å²) in [6.45, 7) is 2.30. The van der Waals surface area contributed by atoms with Gasteiger partial charge in [0.2, 0.25) is 10.0 Å². The number of benzene rings is 1. The van der Waals surface area contributed by atoms with Crippen molar-refractivity contribution in [1.29, 1.82) is 0 Å². The minimum Gasteiger partial charge on any atom is -0.207 e. The number of hydrogen-bond acceptors (Lipinski definition) is 2. The zero-order chi connectivity index (χ0) is 15.8. The largest absolute Gasteiger partial charge is 0.416 e. The van der Waals surface area contributed by atoms with Crippen molar-refractivity contribution in [2.24, 2.45) is 5.92 Å². The van der Waals surface area contributed by atoms with E-state index in [2.05, 4.69) is 0 Å². The van der Waals surface area contributed by atoms with Gasteiger partial charge in [-0.15, -0.1) is 11.6 Å². The third kappa shape index (κ3) is 3.52. The lowest BCUT2D eigenvalue weighted by Crippen LogP contribution is -2.43. The van der Waals surface area contributed by atoms with Crippen molar-refractivity contribution in [3.63, 3.8) is 0 Å². The fourth-order valence-corrected chi connectivity index (χ4v) is 4.10. The second-order valence-electron chi connectivity index (χ2n) is 5.17. The normalized spacial score (nSPS) is 25.0. The molecule has 0 aliphatic carbocycles. The van der Waals surface area contributed by atoms with E-state index in [0.717, 1.165) is 16.4 Å². The second-order valence-corrected chi connectivity index (χ2v) is 7.67. The lowest BCUT2D eigenvalue weighted by Gasteiger charge is -2.33. The lowest BCUT2D eigenvalue weighted by molar-refractivity contribution is -0.137. The first-order valence-electron chi connectivity index (χ1n) is 6.44. The molecule has 0 saturated carbocycles. The van der Waals surface area contributed by atoms with Crippen LogP contribution in [-0.4, -0.2) is 31.2 Å². The SMILES string of the molecule is CC1CCN(S(=O)(=O)c2cccc(C(F)(F)F)c2)CC1Cl. The van der Waals surface area contributed by atoms with Crippen LogP contribution in [0.2, 0.25) is 0 Å². The number of sulfonamides is 1. The van der Waals surface area contributed by atoms with E-state index in [9.17, 15) is 21.6 Å². The number of nitrogens with zero attached hydrogens (tertiary/aromatic N) is 1. The van der Waals surface area contributed by atoms with Crippen LogP contribution >= 0.6 is 11.6 Å². The van der Waals surface area contributed by atoms with E-state index in [4.69, 9.17) is 11.6 Å². The highest BCUT2D eigenvalue weighted by Crippen LogP contribution is 2.32. The van der Waals surface area contributed by atoms with Gasteiger partial charge in [-0.3, -0.25) is 0 Å². The van der Waals surface area contributed by atoms with Crippen LogP contribution in [0.4, 0.5) is 13.2 Å². The quantitative estimate of drug-likeness (QED) is 0.774. The van der Waals surface area contributed by atoms with Gasteiger partial charge < -0.3 is 0 Å². The highest BCUT2D eigenvalue weighted by Gasteiger charge is 2.35. The predicted octanol–water partition coefficient (Wildman–Crippen LogP) is 3.34. The number of piperidine rings is 1. The minimum atomic E-state index is -4.57. The van der Waals surface area contributed by atoms with Gasteiger partial charge in [0.15, 0.2) is 0 Å². The van der Waals surface area contributed by atoms with E-state index in [1.165, 1.54) is 6.07 Å². The molecule has 8 heteroatoms. The average molecular weight is 342 g/mol. The Balaban J connectivity index is 2.32. The molecule has 1 aliphatic heterocycles. The fourth-order valence-electron chi connectivity index (χ4n) is 2.19. The second kappa shape index (κ2) is 5.78. The molecule has 2 atom stereocenters. The first kappa shape index (κ1) is 16.6. The molecule has 1 aromatic rings. The van der Waals surface area contributed by atoms with Gasteiger partial charge in [-0.2, -0.15) is 17.5 Å². The van der Waals surface area contributed by atoms with Crippen LogP contribution in [0.3, 0.4) is 0 Å². The Morgan fingerprint density at radius 3 is 2.57 bits per heavy atom. The zero-order valence-electron chi connectivity index (χ0n) is 11.3. The van der Waals surface area contributed by atoms with E-state index in [1.807, 2.05) is 6.92 Å². The molecule has 1 heterocycles. The van der Waals surface area contributed by atoms with E-state index in [0.29, 0.717) is 12.5 Å². The summed E-state index contributed by atoms with van der Waals surface area (Å²) in [5.74, 6) is 0.180. The van der Waals surface area contributed by atoms with Crippen molar-refractivity contribution in [1.82, 2.24) is 4.31 Å². The standard InChI is InChI=1S/C13H15ClF3NO2S/c1-9-5-6-18(8-12(9)14)21(19,20)11-4-2-3-10(7-11)13(15,16)17/h2-4,7,9,12H,5-6,8H2,1H3. The molecule has 2 unspecified atom stereocenters. The van der Waals surface area contributed by atoms with Crippen molar-refractivity contribution in [3.05, 3.63) is 29.8 Å².